The van der Waals surface area contributed by atoms with Crippen LogP contribution in [-0.4, -0.2) is 30.3 Å². The third-order valence-corrected chi connectivity index (χ3v) is 4.13. The van der Waals surface area contributed by atoms with Gasteiger partial charge in [-0.2, -0.15) is 0 Å². The predicted molar refractivity (Wildman–Crippen MR) is 87.0 cm³/mol. The molecule has 1 aliphatic rings. The maximum atomic E-state index is 12.2. The molecule has 4 heteroatoms. The summed E-state index contributed by atoms with van der Waals surface area (Å²) < 4.78 is 5.63. The average molecular weight is 305 g/mol. The Hall–Kier alpha value is -1.55. The second kappa shape index (κ2) is 7.14. The molecule has 0 saturated carbocycles. The van der Waals surface area contributed by atoms with Crippen molar-refractivity contribution in [3.63, 3.8) is 0 Å². The number of benzene rings is 1. The van der Waals surface area contributed by atoms with Crippen LogP contribution in [0.3, 0.4) is 0 Å². The molecule has 4 nitrogen and oxygen atoms in total. The zero-order valence-corrected chi connectivity index (χ0v) is 13.8. The van der Waals surface area contributed by atoms with Gasteiger partial charge in [0.15, 0.2) is 0 Å². The first-order valence-corrected chi connectivity index (χ1v) is 8.04. The molecule has 2 N–H and O–H groups in total. The Balaban J connectivity index is 1.88. The molecule has 1 heterocycles. The van der Waals surface area contributed by atoms with Crippen LogP contribution in [0.2, 0.25) is 0 Å². The molecule has 0 aromatic heterocycles. The number of para-hydroxylation sites is 1. The molecule has 2 unspecified atom stereocenters. The van der Waals surface area contributed by atoms with Gasteiger partial charge in [-0.3, -0.25) is 4.79 Å². The summed E-state index contributed by atoms with van der Waals surface area (Å²) in [5, 5.41) is 12.5. The fourth-order valence-electron chi connectivity index (χ4n) is 3.13. The quantitative estimate of drug-likeness (QED) is 0.849. The van der Waals surface area contributed by atoms with Gasteiger partial charge in [0, 0.05) is 13.0 Å². The summed E-state index contributed by atoms with van der Waals surface area (Å²) in [4.78, 5) is 12.2. The van der Waals surface area contributed by atoms with Crippen LogP contribution in [0.25, 0.3) is 0 Å². The van der Waals surface area contributed by atoms with E-state index in [1.54, 1.807) is 6.92 Å². The van der Waals surface area contributed by atoms with Gasteiger partial charge in [-0.25, -0.2) is 0 Å². The van der Waals surface area contributed by atoms with Crippen molar-refractivity contribution in [2.75, 3.05) is 13.2 Å². The summed E-state index contributed by atoms with van der Waals surface area (Å²) in [5.74, 6) is 1.20. The number of rotatable bonds is 6. The van der Waals surface area contributed by atoms with Crippen molar-refractivity contribution < 1.29 is 14.6 Å². The molecule has 2 rings (SSSR count). The molecule has 1 aromatic carbocycles. The van der Waals surface area contributed by atoms with E-state index >= 15 is 0 Å². The largest absolute Gasteiger partial charge is 0.493 e. The molecule has 0 spiro atoms. The van der Waals surface area contributed by atoms with Crippen LogP contribution in [0.1, 0.15) is 51.5 Å². The van der Waals surface area contributed by atoms with Crippen LogP contribution in [-0.2, 0) is 4.79 Å². The zero-order chi connectivity index (χ0) is 16.2. The number of fused-ring (bicyclic) bond motifs is 1. The fourth-order valence-corrected chi connectivity index (χ4v) is 3.13. The summed E-state index contributed by atoms with van der Waals surface area (Å²) in [5.41, 5.74) is 1.03. The molecule has 0 saturated heterocycles. The number of carbonyl (C=O) groups is 1. The van der Waals surface area contributed by atoms with E-state index in [0.29, 0.717) is 26.0 Å². The number of hydrogen-bond acceptors (Lipinski definition) is 3. The summed E-state index contributed by atoms with van der Waals surface area (Å²) in [6, 6.07) is 7.96. The minimum Gasteiger partial charge on any atom is -0.493 e. The third-order valence-electron chi connectivity index (χ3n) is 4.13. The van der Waals surface area contributed by atoms with Crippen molar-refractivity contribution in [3.8, 4) is 5.75 Å². The lowest BCUT2D eigenvalue weighted by molar-refractivity contribution is -0.122. The first kappa shape index (κ1) is 16.8. The lowest BCUT2D eigenvalue weighted by Crippen LogP contribution is -2.36. The summed E-state index contributed by atoms with van der Waals surface area (Å²) >= 11 is 0. The number of aliphatic hydroxyl groups excluding tert-OH is 1. The molecule has 0 radical (unpaired) electrons. The molecular formula is C18H27NO3. The third kappa shape index (κ3) is 4.73. The van der Waals surface area contributed by atoms with Crippen molar-refractivity contribution in [2.45, 2.75) is 52.1 Å². The molecule has 0 fully saturated rings. The molecule has 0 bridgehead atoms. The molecule has 22 heavy (non-hydrogen) atoms. The minimum atomic E-state index is -0.353. The van der Waals surface area contributed by atoms with E-state index < -0.39 is 0 Å². The Bertz CT molecular complexity index is 511. The Morgan fingerprint density at radius 2 is 2.18 bits per heavy atom. The highest BCUT2D eigenvalue weighted by Gasteiger charge is 2.25. The van der Waals surface area contributed by atoms with E-state index in [-0.39, 0.29) is 23.3 Å². The van der Waals surface area contributed by atoms with Gasteiger partial charge in [0.2, 0.25) is 5.91 Å². The Kier molecular flexibility index (Phi) is 5.46. The molecule has 2 atom stereocenters. The molecule has 1 aromatic rings. The molecule has 1 aliphatic heterocycles. The Morgan fingerprint density at radius 1 is 1.45 bits per heavy atom. The van der Waals surface area contributed by atoms with Crippen molar-refractivity contribution in [2.24, 2.45) is 5.41 Å². The lowest BCUT2D eigenvalue weighted by atomic mass is 9.86. The molecule has 1 amide bonds. The van der Waals surface area contributed by atoms with Gasteiger partial charge in [0.1, 0.15) is 5.75 Å². The zero-order valence-electron chi connectivity index (χ0n) is 13.8. The number of amides is 1. The number of hydrogen-bond donors (Lipinski definition) is 2. The normalized spacial score (nSPS) is 19.0. The van der Waals surface area contributed by atoms with Gasteiger partial charge in [0.05, 0.1) is 12.7 Å². The highest BCUT2D eigenvalue weighted by molar-refractivity contribution is 5.77. The van der Waals surface area contributed by atoms with Gasteiger partial charge in [-0.1, -0.05) is 32.0 Å². The fraction of sp³-hybridized carbons (Fsp3) is 0.611. The van der Waals surface area contributed by atoms with Crippen LogP contribution in [0.5, 0.6) is 5.75 Å². The van der Waals surface area contributed by atoms with Crippen molar-refractivity contribution in [1.29, 1.82) is 0 Å². The highest BCUT2D eigenvalue weighted by Crippen LogP contribution is 2.35. The van der Waals surface area contributed by atoms with Crippen LogP contribution in [0.15, 0.2) is 24.3 Å². The van der Waals surface area contributed by atoms with E-state index in [1.165, 1.54) is 0 Å². The van der Waals surface area contributed by atoms with Gasteiger partial charge in [0.25, 0.3) is 0 Å². The SMILES string of the molecule is CC(O)CC(C)(C)CNC(=O)CC1CCOc2ccccc21. The summed E-state index contributed by atoms with van der Waals surface area (Å²) in [6.07, 6.45) is 1.69. The average Bonchev–Trinajstić information content (AvgIpc) is 2.44. The first-order chi connectivity index (χ1) is 10.4. The van der Waals surface area contributed by atoms with Crippen LogP contribution in [0.4, 0.5) is 0 Å². The molecule has 0 aliphatic carbocycles. The van der Waals surface area contributed by atoms with Gasteiger partial charge in [-0.05, 0) is 42.7 Å². The van der Waals surface area contributed by atoms with Crippen LogP contribution in [0, 0.1) is 5.41 Å². The Labute approximate surface area is 132 Å². The number of aliphatic hydroxyl groups is 1. The maximum absolute atomic E-state index is 12.2. The lowest BCUT2D eigenvalue weighted by Gasteiger charge is -2.28. The second-order valence-corrected chi connectivity index (χ2v) is 7.07. The smallest absolute Gasteiger partial charge is 0.220 e. The number of nitrogens with one attached hydrogen (secondary N) is 1. The topological polar surface area (TPSA) is 58.6 Å². The van der Waals surface area contributed by atoms with Crippen LogP contribution >= 0.6 is 0 Å². The first-order valence-electron chi connectivity index (χ1n) is 8.04. The predicted octanol–water partition coefficient (Wildman–Crippen LogP) is 2.86. The van der Waals surface area contributed by atoms with Gasteiger partial charge in [-0.15, -0.1) is 0 Å². The van der Waals surface area contributed by atoms with Crippen molar-refractivity contribution in [1.82, 2.24) is 5.32 Å². The summed E-state index contributed by atoms with van der Waals surface area (Å²) in [6.45, 7) is 7.15. The van der Waals surface area contributed by atoms with Crippen molar-refractivity contribution >= 4 is 5.91 Å². The number of ether oxygens (including phenoxy) is 1. The molecular weight excluding hydrogens is 278 g/mol. The standard InChI is InChI=1S/C18H27NO3/c1-13(20)11-18(2,3)12-19-17(21)10-14-8-9-22-16-7-5-4-6-15(14)16/h4-7,13-14,20H,8-12H2,1-3H3,(H,19,21). The van der Waals surface area contributed by atoms with Crippen molar-refractivity contribution in [3.05, 3.63) is 29.8 Å². The van der Waals surface area contributed by atoms with E-state index in [4.69, 9.17) is 4.74 Å². The van der Waals surface area contributed by atoms with Gasteiger partial charge >= 0.3 is 0 Å². The molecule has 122 valence electrons. The maximum Gasteiger partial charge on any atom is 0.220 e. The van der Waals surface area contributed by atoms with E-state index in [9.17, 15) is 9.90 Å². The van der Waals surface area contributed by atoms with E-state index in [2.05, 4.69) is 19.2 Å². The van der Waals surface area contributed by atoms with E-state index in [1.807, 2.05) is 24.3 Å². The summed E-state index contributed by atoms with van der Waals surface area (Å²) in [7, 11) is 0. The van der Waals surface area contributed by atoms with Crippen LogP contribution < -0.4 is 10.1 Å². The number of carbonyl (C=O) groups excluding carboxylic acids is 1. The Morgan fingerprint density at radius 3 is 2.91 bits per heavy atom. The second-order valence-electron chi connectivity index (χ2n) is 7.07. The van der Waals surface area contributed by atoms with E-state index in [0.717, 1.165) is 17.7 Å². The monoisotopic (exact) mass is 305 g/mol. The minimum absolute atomic E-state index is 0.0698. The highest BCUT2D eigenvalue weighted by atomic mass is 16.5. The van der Waals surface area contributed by atoms with Gasteiger partial charge < -0.3 is 15.2 Å².